The highest BCUT2D eigenvalue weighted by atomic mass is 15.1. The quantitative estimate of drug-likeness (QED) is 0.524. The zero-order valence-electron chi connectivity index (χ0n) is 16.5. The maximum Gasteiger partial charge on any atom is 0.145 e. The molecule has 0 atom stereocenters. The summed E-state index contributed by atoms with van der Waals surface area (Å²) in [5.41, 5.74) is 5.58. The van der Waals surface area contributed by atoms with Crippen molar-refractivity contribution >= 4 is 16.7 Å². The summed E-state index contributed by atoms with van der Waals surface area (Å²) >= 11 is 0. The zero-order chi connectivity index (χ0) is 20.2. The molecule has 2 aromatic heterocycles. The zero-order valence-corrected chi connectivity index (χ0v) is 16.5. The highest BCUT2D eigenvalue weighted by Gasteiger charge is 2.10. The third-order valence-electron chi connectivity index (χ3n) is 4.78. The summed E-state index contributed by atoms with van der Waals surface area (Å²) < 4.78 is 0. The highest BCUT2D eigenvalue weighted by molar-refractivity contribution is 5.97. The fraction of sp³-hybridized carbons (Fsp3) is 0.174. The second kappa shape index (κ2) is 8.13. The lowest BCUT2D eigenvalue weighted by Crippen LogP contribution is -2.21. The molecule has 4 aromatic rings. The number of hydrogen-bond donors (Lipinski definition) is 2. The summed E-state index contributed by atoms with van der Waals surface area (Å²) in [6.45, 7) is 1.73. The van der Waals surface area contributed by atoms with Gasteiger partial charge in [-0.25, -0.2) is 4.98 Å². The molecule has 2 N–H and O–H groups in total. The van der Waals surface area contributed by atoms with E-state index in [4.69, 9.17) is 4.98 Å². The van der Waals surface area contributed by atoms with Gasteiger partial charge in [0.15, 0.2) is 0 Å². The van der Waals surface area contributed by atoms with Crippen LogP contribution in [0.1, 0.15) is 5.56 Å². The average molecular weight is 382 g/mol. The first kappa shape index (κ1) is 18.7. The molecular formula is C23H22N6. The minimum atomic E-state index is 0.648. The van der Waals surface area contributed by atoms with Gasteiger partial charge in [-0.1, -0.05) is 18.2 Å². The smallest absolute Gasteiger partial charge is 0.145 e. The van der Waals surface area contributed by atoms with Crippen LogP contribution in [0.5, 0.6) is 0 Å². The van der Waals surface area contributed by atoms with Gasteiger partial charge < -0.3 is 15.2 Å². The Balaban J connectivity index is 1.68. The van der Waals surface area contributed by atoms with Crippen LogP contribution in [-0.2, 0) is 0 Å². The summed E-state index contributed by atoms with van der Waals surface area (Å²) in [4.78, 5) is 14.5. The van der Waals surface area contributed by atoms with Crippen molar-refractivity contribution in [3.63, 3.8) is 0 Å². The molecule has 29 heavy (non-hydrogen) atoms. The maximum atomic E-state index is 9.20. The van der Waals surface area contributed by atoms with Gasteiger partial charge in [0.1, 0.15) is 5.82 Å². The van der Waals surface area contributed by atoms with Crippen LogP contribution in [-0.4, -0.2) is 47.0 Å². The van der Waals surface area contributed by atoms with Gasteiger partial charge in [-0.3, -0.25) is 4.98 Å². The van der Waals surface area contributed by atoms with Gasteiger partial charge in [0.25, 0.3) is 0 Å². The van der Waals surface area contributed by atoms with Crippen molar-refractivity contribution in [3.8, 4) is 28.5 Å². The number of likely N-dealkylation sites (N-methyl/N-ethyl adjacent to an activating group) is 1. The van der Waals surface area contributed by atoms with Gasteiger partial charge in [0, 0.05) is 41.3 Å². The fourth-order valence-corrected chi connectivity index (χ4v) is 3.27. The van der Waals surface area contributed by atoms with E-state index in [1.54, 1.807) is 12.4 Å². The first-order chi connectivity index (χ1) is 14.1. The van der Waals surface area contributed by atoms with E-state index in [-0.39, 0.29) is 0 Å². The number of rotatable bonds is 6. The number of fused-ring (bicyclic) bond motifs is 1. The van der Waals surface area contributed by atoms with Crippen molar-refractivity contribution in [2.45, 2.75) is 0 Å². The molecule has 0 amide bonds. The van der Waals surface area contributed by atoms with Crippen molar-refractivity contribution in [2.24, 2.45) is 0 Å². The molecule has 0 saturated carbocycles. The minimum absolute atomic E-state index is 0.648. The van der Waals surface area contributed by atoms with Gasteiger partial charge in [0.2, 0.25) is 0 Å². The topological polar surface area (TPSA) is 80.6 Å². The monoisotopic (exact) mass is 382 g/mol. The van der Waals surface area contributed by atoms with E-state index >= 15 is 0 Å². The summed E-state index contributed by atoms with van der Waals surface area (Å²) in [5, 5.41) is 13.6. The van der Waals surface area contributed by atoms with Gasteiger partial charge in [0.05, 0.1) is 29.7 Å². The molecule has 2 aromatic carbocycles. The number of nitriles is 1. The molecule has 2 heterocycles. The number of benzene rings is 2. The van der Waals surface area contributed by atoms with E-state index in [9.17, 15) is 5.26 Å². The highest BCUT2D eigenvalue weighted by Crippen LogP contribution is 2.32. The van der Waals surface area contributed by atoms with Gasteiger partial charge in [-0.05, 0) is 43.9 Å². The first-order valence-electron chi connectivity index (χ1n) is 9.47. The third-order valence-corrected chi connectivity index (χ3v) is 4.78. The number of nitrogens with one attached hydrogen (secondary N) is 2. The van der Waals surface area contributed by atoms with Crippen LogP contribution in [0.25, 0.3) is 33.3 Å². The lowest BCUT2D eigenvalue weighted by atomic mass is 10.0. The second-order valence-electron chi connectivity index (χ2n) is 7.17. The van der Waals surface area contributed by atoms with E-state index in [1.165, 1.54) is 0 Å². The molecule has 4 rings (SSSR count). The molecule has 0 spiro atoms. The predicted octanol–water partition coefficient (Wildman–Crippen LogP) is 4.14. The Kier molecular flexibility index (Phi) is 5.23. The molecule has 144 valence electrons. The Morgan fingerprint density at radius 3 is 2.83 bits per heavy atom. The SMILES string of the molecule is CN(C)CCNc1cncc(-c2ccc3[nH]cc(-c4cccc(C#N)c4)c3c2)n1. The average Bonchev–Trinajstić information content (AvgIpc) is 3.17. The molecule has 0 bridgehead atoms. The Morgan fingerprint density at radius 2 is 2.00 bits per heavy atom. The Bertz CT molecular complexity index is 1190. The third kappa shape index (κ3) is 4.10. The lowest BCUT2D eigenvalue weighted by Gasteiger charge is -2.11. The van der Waals surface area contributed by atoms with Crippen LogP contribution in [0.4, 0.5) is 5.82 Å². The molecule has 0 unspecified atom stereocenters. The Labute approximate surface area is 169 Å². The van der Waals surface area contributed by atoms with Crippen molar-refractivity contribution in [2.75, 3.05) is 32.5 Å². The van der Waals surface area contributed by atoms with Gasteiger partial charge >= 0.3 is 0 Å². The number of H-pyrrole nitrogens is 1. The van der Waals surface area contributed by atoms with E-state index in [1.807, 2.05) is 50.6 Å². The summed E-state index contributed by atoms with van der Waals surface area (Å²) in [5.74, 6) is 0.764. The lowest BCUT2D eigenvalue weighted by molar-refractivity contribution is 0.425. The molecule has 6 heteroatoms. The number of aromatic nitrogens is 3. The predicted molar refractivity (Wildman–Crippen MR) is 117 cm³/mol. The van der Waals surface area contributed by atoms with Crippen LogP contribution in [0.15, 0.2) is 61.1 Å². The van der Waals surface area contributed by atoms with Crippen molar-refractivity contribution in [1.29, 1.82) is 5.26 Å². The van der Waals surface area contributed by atoms with Crippen LogP contribution < -0.4 is 5.32 Å². The van der Waals surface area contributed by atoms with Crippen LogP contribution in [0, 0.1) is 11.3 Å². The van der Waals surface area contributed by atoms with E-state index in [2.05, 4.69) is 38.4 Å². The van der Waals surface area contributed by atoms with Gasteiger partial charge in [-0.2, -0.15) is 5.26 Å². The van der Waals surface area contributed by atoms with Crippen LogP contribution in [0.3, 0.4) is 0 Å². The van der Waals surface area contributed by atoms with Crippen molar-refractivity contribution < 1.29 is 0 Å². The Morgan fingerprint density at radius 1 is 1.10 bits per heavy atom. The normalized spacial score (nSPS) is 11.0. The van der Waals surface area contributed by atoms with E-state index < -0.39 is 0 Å². The van der Waals surface area contributed by atoms with Gasteiger partial charge in [-0.15, -0.1) is 0 Å². The number of nitrogens with zero attached hydrogens (tertiary/aromatic N) is 4. The molecule has 0 saturated heterocycles. The molecule has 0 aliphatic rings. The summed E-state index contributed by atoms with van der Waals surface area (Å²) in [7, 11) is 4.08. The number of hydrogen-bond acceptors (Lipinski definition) is 5. The van der Waals surface area contributed by atoms with Crippen LogP contribution in [0.2, 0.25) is 0 Å². The summed E-state index contributed by atoms with van der Waals surface area (Å²) in [6, 6.07) is 16.1. The molecule has 0 aliphatic heterocycles. The van der Waals surface area contributed by atoms with E-state index in [0.717, 1.165) is 52.2 Å². The minimum Gasteiger partial charge on any atom is -0.367 e. The molecule has 0 radical (unpaired) electrons. The first-order valence-corrected chi connectivity index (χ1v) is 9.47. The molecule has 6 nitrogen and oxygen atoms in total. The second-order valence-corrected chi connectivity index (χ2v) is 7.17. The van der Waals surface area contributed by atoms with Crippen molar-refractivity contribution in [3.05, 3.63) is 66.6 Å². The van der Waals surface area contributed by atoms with Crippen molar-refractivity contribution in [1.82, 2.24) is 19.9 Å². The summed E-state index contributed by atoms with van der Waals surface area (Å²) in [6.07, 6.45) is 5.50. The molecule has 0 fully saturated rings. The largest absolute Gasteiger partial charge is 0.367 e. The standard InChI is InChI=1S/C23H22N6/c1-29(2)9-8-26-23-15-25-14-22(28-23)18-6-7-21-19(11-18)20(13-27-21)17-5-3-4-16(10-17)12-24/h3-7,10-11,13-15,27H,8-9H2,1-2H3,(H,26,28). The molecular weight excluding hydrogens is 360 g/mol. The molecule has 0 aliphatic carbocycles. The Hall–Kier alpha value is -3.69. The van der Waals surface area contributed by atoms with E-state index in [0.29, 0.717) is 5.56 Å². The number of anilines is 1. The fourth-order valence-electron chi connectivity index (χ4n) is 3.27. The maximum absolute atomic E-state index is 9.20. The number of aromatic amines is 1. The van der Waals surface area contributed by atoms with Crippen LogP contribution >= 0.6 is 0 Å².